The standard InChI is InChI=1S/C21H19N3O2/c1-15-7-9-18(10-8-15)24-20(25)17-11-12-22-19(13-17)21(26)23-14-16-5-3-2-4-6-16/h2-13H,14H2,1H3,(H,23,26)(H,24,25). The first-order valence-corrected chi connectivity index (χ1v) is 8.28. The number of benzene rings is 2. The number of amides is 2. The van der Waals surface area contributed by atoms with Gasteiger partial charge in [-0.15, -0.1) is 0 Å². The van der Waals surface area contributed by atoms with Crippen molar-refractivity contribution in [1.29, 1.82) is 0 Å². The minimum Gasteiger partial charge on any atom is -0.347 e. The first kappa shape index (κ1) is 17.4. The predicted molar refractivity (Wildman–Crippen MR) is 101 cm³/mol. The van der Waals surface area contributed by atoms with Crippen LogP contribution in [0, 0.1) is 6.92 Å². The summed E-state index contributed by atoms with van der Waals surface area (Å²) in [6.07, 6.45) is 1.46. The third-order valence-corrected chi connectivity index (χ3v) is 3.86. The molecule has 2 aromatic carbocycles. The number of nitrogens with one attached hydrogen (secondary N) is 2. The van der Waals surface area contributed by atoms with Crippen LogP contribution in [0.25, 0.3) is 0 Å². The number of aromatic nitrogens is 1. The summed E-state index contributed by atoms with van der Waals surface area (Å²) >= 11 is 0. The molecule has 1 aromatic heterocycles. The lowest BCUT2D eigenvalue weighted by molar-refractivity contribution is 0.0946. The van der Waals surface area contributed by atoms with E-state index in [4.69, 9.17) is 0 Å². The largest absolute Gasteiger partial charge is 0.347 e. The van der Waals surface area contributed by atoms with E-state index in [1.807, 2.05) is 61.5 Å². The fourth-order valence-electron chi connectivity index (χ4n) is 2.40. The van der Waals surface area contributed by atoms with E-state index in [1.165, 1.54) is 12.3 Å². The molecule has 5 nitrogen and oxygen atoms in total. The maximum absolute atomic E-state index is 12.4. The van der Waals surface area contributed by atoms with Crippen LogP contribution in [0.5, 0.6) is 0 Å². The molecule has 0 saturated carbocycles. The minimum absolute atomic E-state index is 0.206. The number of rotatable bonds is 5. The molecule has 2 amide bonds. The second-order valence-corrected chi connectivity index (χ2v) is 5.92. The van der Waals surface area contributed by atoms with E-state index in [1.54, 1.807) is 6.07 Å². The summed E-state index contributed by atoms with van der Waals surface area (Å²) in [5.41, 5.74) is 3.40. The highest BCUT2D eigenvalue weighted by atomic mass is 16.2. The van der Waals surface area contributed by atoms with E-state index in [2.05, 4.69) is 15.6 Å². The lowest BCUT2D eigenvalue weighted by Gasteiger charge is -2.08. The Labute approximate surface area is 152 Å². The van der Waals surface area contributed by atoms with Crippen LogP contribution >= 0.6 is 0 Å². The van der Waals surface area contributed by atoms with Crippen molar-refractivity contribution in [2.24, 2.45) is 0 Å². The molecular weight excluding hydrogens is 326 g/mol. The molecular formula is C21H19N3O2. The van der Waals surface area contributed by atoms with Crippen molar-refractivity contribution < 1.29 is 9.59 Å². The van der Waals surface area contributed by atoms with E-state index in [9.17, 15) is 9.59 Å². The van der Waals surface area contributed by atoms with Gasteiger partial charge in [-0.05, 0) is 36.8 Å². The summed E-state index contributed by atoms with van der Waals surface area (Å²) in [6, 6.07) is 20.2. The van der Waals surface area contributed by atoms with E-state index in [-0.39, 0.29) is 17.5 Å². The second-order valence-electron chi connectivity index (χ2n) is 5.92. The van der Waals surface area contributed by atoms with Gasteiger partial charge >= 0.3 is 0 Å². The molecule has 3 rings (SSSR count). The third kappa shape index (κ3) is 4.54. The van der Waals surface area contributed by atoms with Gasteiger partial charge in [-0.2, -0.15) is 0 Å². The molecule has 0 aliphatic rings. The summed E-state index contributed by atoms with van der Waals surface area (Å²) in [5, 5.41) is 5.62. The Balaban J connectivity index is 1.66. The normalized spacial score (nSPS) is 10.2. The zero-order chi connectivity index (χ0) is 18.4. The molecule has 0 fully saturated rings. The smallest absolute Gasteiger partial charge is 0.270 e. The van der Waals surface area contributed by atoms with Crippen LogP contribution in [-0.2, 0) is 6.54 Å². The quantitative estimate of drug-likeness (QED) is 0.742. The molecule has 0 atom stereocenters. The topological polar surface area (TPSA) is 71.1 Å². The van der Waals surface area contributed by atoms with Gasteiger partial charge in [0.2, 0.25) is 0 Å². The SMILES string of the molecule is Cc1ccc(NC(=O)c2ccnc(C(=O)NCc3ccccc3)c2)cc1. The monoisotopic (exact) mass is 345 g/mol. The minimum atomic E-state index is -0.321. The van der Waals surface area contributed by atoms with Crippen LogP contribution in [0.3, 0.4) is 0 Å². The van der Waals surface area contributed by atoms with Crippen LogP contribution in [0.1, 0.15) is 32.0 Å². The van der Waals surface area contributed by atoms with Gasteiger partial charge in [-0.3, -0.25) is 14.6 Å². The van der Waals surface area contributed by atoms with Gasteiger partial charge in [-0.25, -0.2) is 0 Å². The highest BCUT2D eigenvalue weighted by Crippen LogP contribution is 2.11. The fraction of sp³-hybridized carbons (Fsp3) is 0.0952. The van der Waals surface area contributed by atoms with Crippen molar-refractivity contribution in [3.05, 3.63) is 95.3 Å². The first-order chi connectivity index (χ1) is 12.6. The highest BCUT2D eigenvalue weighted by molar-refractivity contribution is 6.05. The van der Waals surface area contributed by atoms with Gasteiger partial charge in [0.25, 0.3) is 11.8 Å². The number of aryl methyl sites for hydroxylation is 1. The Morgan fingerprint density at radius 1 is 0.923 bits per heavy atom. The number of carbonyl (C=O) groups is 2. The lowest BCUT2D eigenvalue weighted by Crippen LogP contribution is -2.24. The van der Waals surface area contributed by atoms with Crippen LogP contribution < -0.4 is 10.6 Å². The van der Waals surface area contributed by atoms with Crippen molar-refractivity contribution in [2.45, 2.75) is 13.5 Å². The number of carbonyl (C=O) groups excluding carboxylic acids is 2. The summed E-state index contributed by atoms with van der Waals surface area (Å²) in [4.78, 5) is 28.7. The van der Waals surface area contributed by atoms with Gasteiger partial charge in [0.1, 0.15) is 5.69 Å². The molecule has 0 aliphatic heterocycles. The summed E-state index contributed by atoms with van der Waals surface area (Å²) in [6.45, 7) is 2.38. The molecule has 0 radical (unpaired) electrons. The lowest BCUT2D eigenvalue weighted by atomic mass is 10.2. The molecule has 5 heteroatoms. The molecule has 0 bridgehead atoms. The number of pyridine rings is 1. The van der Waals surface area contributed by atoms with Crippen LogP contribution in [0.2, 0.25) is 0 Å². The van der Waals surface area contributed by atoms with Gasteiger partial charge in [-0.1, -0.05) is 48.0 Å². The molecule has 26 heavy (non-hydrogen) atoms. The molecule has 0 saturated heterocycles. The second kappa shape index (κ2) is 8.07. The van der Waals surface area contributed by atoms with Gasteiger partial charge in [0, 0.05) is 24.0 Å². The van der Waals surface area contributed by atoms with Crippen LogP contribution in [-0.4, -0.2) is 16.8 Å². The van der Waals surface area contributed by atoms with E-state index in [0.29, 0.717) is 17.8 Å². The predicted octanol–water partition coefficient (Wildman–Crippen LogP) is 3.57. The molecule has 130 valence electrons. The zero-order valence-corrected chi connectivity index (χ0v) is 14.4. The number of hydrogen-bond donors (Lipinski definition) is 2. The number of hydrogen-bond acceptors (Lipinski definition) is 3. The van der Waals surface area contributed by atoms with Crippen molar-refractivity contribution in [2.75, 3.05) is 5.32 Å². The molecule has 0 spiro atoms. The van der Waals surface area contributed by atoms with E-state index < -0.39 is 0 Å². The van der Waals surface area contributed by atoms with E-state index >= 15 is 0 Å². The Kier molecular flexibility index (Phi) is 5.39. The Morgan fingerprint density at radius 2 is 1.65 bits per heavy atom. The molecule has 1 heterocycles. The summed E-state index contributed by atoms with van der Waals surface area (Å²) in [5.74, 6) is -0.604. The van der Waals surface area contributed by atoms with Gasteiger partial charge in [0.05, 0.1) is 0 Å². The Hall–Kier alpha value is -3.47. The summed E-state index contributed by atoms with van der Waals surface area (Å²) in [7, 11) is 0. The average Bonchev–Trinajstić information content (AvgIpc) is 2.69. The van der Waals surface area contributed by atoms with Crippen LogP contribution in [0.4, 0.5) is 5.69 Å². The van der Waals surface area contributed by atoms with Crippen molar-refractivity contribution in [3.8, 4) is 0 Å². The molecule has 0 aliphatic carbocycles. The number of nitrogens with zero attached hydrogens (tertiary/aromatic N) is 1. The Bertz CT molecular complexity index is 906. The fourth-order valence-corrected chi connectivity index (χ4v) is 2.40. The van der Waals surface area contributed by atoms with Crippen molar-refractivity contribution in [3.63, 3.8) is 0 Å². The van der Waals surface area contributed by atoms with Crippen molar-refractivity contribution >= 4 is 17.5 Å². The van der Waals surface area contributed by atoms with E-state index in [0.717, 1.165) is 11.1 Å². The van der Waals surface area contributed by atoms with Crippen molar-refractivity contribution in [1.82, 2.24) is 10.3 Å². The first-order valence-electron chi connectivity index (χ1n) is 8.28. The van der Waals surface area contributed by atoms with Crippen LogP contribution in [0.15, 0.2) is 72.9 Å². The summed E-state index contributed by atoms with van der Waals surface area (Å²) < 4.78 is 0. The number of anilines is 1. The zero-order valence-electron chi connectivity index (χ0n) is 14.4. The maximum atomic E-state index is 12.4. The third-order valence-electron chi connectivity index (χ3n) is 3.86. The van der Waals surface area contributed by atoms with Gasteiger partial charge < -0.3 is 10.6 Å². The molecule has 3 aromatic rings. The van der Waals surface area contributed by atoms with Gasteiger partial charge in [0.15, 0.2) is 0 Å². The molecule has 2 N–H and O–H groups in total. The average molecular weight is 345 g/mol. The molecule has 0 unspecified atom stereocenters. The highest BCUT2D eigenvalue weighted by Gasteiger charge is 2.12. The maximum Gasteiger partial charge on any atom is 0.270 e. The Morgan fingerprint density at radius 3 is 2.38 bits per heavy atom.